The van der Waals surface area contributed by atoms with Crippen molar-refractivity contribution in [2.24, 2.45) is 47.3 Å². The average Bonchev–Trinajstić information content (AvgIpc) is 4.22. The maximum atomic E-state index is 11.6. The summed E-state index contributed by atoms with van der Waals surface area (Å²) < 4.78 is 112. The Bertz CT molecular complexity index is 2660. The quantitative estimate of drug-likeness (QED) is 0.101. The van der Waals surface area contributed by atoms with Crippen LogP contribution in [-0.2, 0) is 74.0 Å². The number of aliphatic hydroxyl groups excluding tert-OH is 1. The van der Waals surface area contributed by atoms with Crippen molar-refractivity contribution in [2.45, 2.75) is 95.1 Å². The lowest BCUT2D eigenvalue weighted by Crippen LogP contribution is -2.38. The molecule has 0 radical (unpaired) electrons. The zero-order valence-corrected chi connectivity index (χ0v) is 41.8. The van der Waals surface area contributed by atoms with Gasteiger partial charge in [0.05, 0.1) is 47.7 Å². The van der Waals surface area contributed by atoms with Gasteiger partial charge in [-0.2, -0.15) is 8.42 Å². The van der Waals surface area contributed by atoms with E-state index in [1.165, 1.54) is 27.5 Å². The average molecular weight is 1050 g/mol. The van der Waals surface area contributed by atoms with Crippen molar-refractivity contribution in [2.75, 3.05) is 24.7 Å². The molecular formula is C51H57O16S4-. The van der Waals surface area contributed by atoms with Crippen LogP contribution in [0.5, 0.6) is 0 Å². The zero-order chi connectivity index (χ0) is 50.1. The molecule has 9 aliphatic rings. The summed E-state index contributed by atoms with van der Waals surface area (Å²) in [5.74, 6) is -1.38. The van der Waals surface area contributed by atoms with E-state index >= 15 is 0 Å². The Morgan fingerprint density at radius 3 is 1.37 bits per heavy atom. The number of hydrogen-bond donors (Lipinski definition) is 1. The van der Waals surface area contributed by atoms with Gasteiger partial charge in [-0.05, 0) is 110 Å². The van der Waals surface area contributed by atoms with E-state index in [4.69, 9.17) is 23.1 Å². The molecule has 6 bridgehead atoms. The van der Waals surface area contributed by atoms with Crippen LogP contribution in [0.25, 0.3) is 0 Å². The predicted octanol–water partition coefficient (Wildman–Crippen LogP) is 4.95. The second kappa shape index (κ2) is 21.7. The van der Waals surface area contributed by atoms with Gasteiger partial charge in [0.1, 0.15) is 50.1 Å². The summed E-state index contributed by atoms with van der Waals surface area (Å²) in [6, 6.07) is 44.2. The summed E-state index contributed by atoms with van der Waals surface area (Å²) >= 11 is 0. The van der Waals surface area contributed by atoms with Crippen LogP contribution in [0.2, 0.25) is 0 Å². The van der Waals surface area contributed by atoms with Crippen LogP contribution in [0.3, 0.4) is 0 Å². The van der Waals surface area contributed by atoms with Gasteiger partial charge in [0.15, 0.2) is 14.7 Å². The first-order valence-electron chi connectivity index (χ1n) is 23.9. The number of carbonyl (C=O) groups is 2. The molecule has 16 nitrogen and oxygen atoms in total. The monoisotopic (exact) mass is 1050 g/mol. The molecule has 9 fully saturated rings. The number of rotatable bonds is 9. The van der Waals surface area contributed by atoms with Gasteiger partial charge in [0, 0.05) is 11.8 Å². The lowest BCUT2D eigenvalue weighted by Gasteiger charge is -2.26. The van der Waals surface area contributed by atoms with Gasteiger partial charge in [-0.1, -0.05) is 91.0 Å². The van der Waals surface area contributed by atoms with Crippen molar-refractivity contribution in [1.29, 1.82) is 0 Å². The lowest BCUT2D eigenvalue weighted by molar-refractivity contribution is -0.154. The Morgan fingerprint density at radius 1 is 0.535 bits per heavy atom. The highest BCUT2D eigenvalue weighted by Crippen LogP contribution is 2.57. The van der Waals surface area contributed by atoms with Gasteiger partial charge in [-0.3, -0.25) is 13.8 Å². The molecule has 6 aliphatic carbocycles. The summed E-state index contributed by atoms with van der Waals surface area (Å²) in [4.78, 5) is 26.7. The smallest absolute Gasteiger partial charge is 0.320 e. The zero-order valence-electron chi connectivity index (χ0n) is 38.6. The molecule has 6 saturated carbocycles. The molecular weight excluding hydrogens is 997 g/mol. The van der Waals surface area contributed by atoms with E-state index in [1.54, 1.807) is 0 Å². The van der Waals surface area contributed by atoms with E-state index in [0.717, 1.165) is 31.3 Å². The predicted molar refractivity (Wildman–Crippen MR) is 256 cm³/mol. The number of ether oxygens (including phenoxy) is 4. The molecule has 3 aliphatic heterocycles. The van der Waals surface area contributed by atoms with Crippen LogP contribution < -0.4 is 0 Å². The van der Waals surface area contributed by atoms with E-state index in [0.29, 0.717) is 37.2 Å². The number of aliphatic hydroxyl groups is 1. The maximum Gasteiger partial charge on any atom is 0.320 e. The number of carbonyl (C=O) groups excluding carboxylic acids is 2. The second-order valence-electron chi connectivity index (χ2n) is 19.6. The first kappa shape index (κ1) is 51.7. The van der Waals surface area contributed by atoms with E-state index < -0.39 is 71.3 Å². The lowest BCUT2D eigenvalue weighted by atomic mass is 9.88. The minimum Gasteiger partial charge on any atom is -0.748 e. The highest BCUT2D eigenvalue weighted by atomic mass is 32.2. The van der Waals surface area contributed by atoms with Crippen LogP contribution in [0, 0.1) is 47.3 Å². The van der Waals surface area contributed by atoms with Crippen LogP contribution >= 0.6 is 0 Å². The minimum absolute atomic E-state index is 0.0146. The third-order valence-electron chi connectivity index (χ3n) is 15.2. The molecule has 4 aromatic carbocycles. The first-order chi connectivity index (χ1) is 33.9. The number of esters is 2. The van der Waals surface area contributed by atoms with Crippen molar-refractivity contribution in [1.82, 2.24) is 0 Å². The van der Waals surface area contributed by atoms with E-state index in [1.807, 2.05) is 36.4 Å². The third kappa shape index (κ3) is 12.1. The SMILES string of the molecule is O=C(CS(=O)(=O)[O-])OC1C2CC3C1OS(=O)(=O)C3C2.O=C(CS(=O)(=O)[O-])OC1C2CC3COC1C3C2.OC1C2CC3COC1C3C2.c1ccc([S+](c2ccccc2)c2ccccc2)cc1.c1ccccc1. The summed E-state index contributed by atoms with van der Waals surface area (Å²) in [7, 11) is -12.9. The standard InChI is InChI=1S/C18H15S.C10H14O6S.C9H12O8S2.C8H12O2.C6H6/c1-4-10-16(11-5-1)19(17-12-6-2-7-13-17)18-14-8-3-9-15-18;11-8(4-17(12,13)14)16-9-5-1-6-3-15-10(9)7(6)2-5;10-7(3-18(11,12)13)16-8-4-1-5-6(2-4)19(14,15)17-9(5)8;9-7-4-1-5-3-10-8(7)6(5)2-4;1-2-4-6-5-3-1/h1-15H;5-7,9-10H,1-4H2,(H,12,13,14);4-6,8-9H,1-3H2,(H,11,12,13);4-9H,1-3H2;1-6H/q+1;;;;/p-2. The van der Waals surface area contributed by atoms with Crippen LogP contribution in [0.4, 0.5) is 0 Å². The summed E-state index contributed by atoms with van der Waals surface area (Å²) in [6.07, 6.45) is 3.51. The van der Waals surface area contributed by atoms with Crippen LogP contribution in [0.1, 0.15) is 38.5 Å². The molecule has 3 saturated heterocycles. The normalized spacial score (nSPS) is 34.2. The van der Waals surface area contributed by atoms with Gasteiger partial charge < -0.3 is 33.2 Å². The molecule has 13 rings (SSSR count). The topological polar surface area (TPSA) is 249 Å². The van der Waals surface area contributed by atoms with Crippen molar-refractivity contribution in [3.8, 4) is 0 Å². The second-order valence-corrected chi connectivity index (χ2v) is 26.2. The number of fused-ring (bicyclic) bond motifs is 3. The first-order valence-corrected chi connectivity index (χ1v) is 29.8. The summed E-state index contributed by atoms with van der Waals surface area (Å²) in [5, 5.41) is 9.04. The van der Waals surface area contributed by atoms with E-state index in [2.05, 4.69) is 91.0 Å². The van der Waals surface area contributed by atoms with Crippen LogP contribution in [-0.4, -0.2) is 118 Å². The fraction of sp³-hybridized carbons (Fsp3) is 0.490. The van der Waals surface area contributed by atoms with Gasteiger partial charge in [0.25, 0.3) is 10.1 Å². The Morgan fingerprint density at radius 2 is 0.915 bits per heavy atom. The molecule has 20 heteroatoms. The Labute approximate surface area is 417 Å². The highest BCUT2D eigenvalue weighted by molar-refractivity contribution is 7.97. The summed E-state index contributed by atoms with van der Waals surface area (Å²) in [6.45, 7) is 1.63. The van der Waals surface area contributed by atoms with Crippen molar-refractivity contribution >= 4 is 53.2 Å². The molecule has 71 heavy (non-hydrogen) atoms. The van der Waals surface area contributed by atoms with Gasteiger partial charge in [-0.15, -0.1) is 0 Å². The van der Waals surface area contributed by atoms with Crippen molar-refractivity contribution in [3.05, 3.63) is 127 Å². The molecule has 15 unspecified atom stereocenters. The molecule has 0 aromatic heterocycles. The molecule has 0 amide bonds. The molecule has 1 N–H and O–H groups in total. The fourth-order valence-electron chi connectivity index (χ4n) is 12.4. The largest absolute Gasteiger partial charge is 0.748 e. The molecule has 3 heterocycles. The van der Waals surface area contributed by atoms with Crippen molar-refractivity contribution < 1.29 is 72.2 Å². The van der Waals surface area contributed by atoms with Gasteiger partial charge >= 0.3 is 11.9 Å². The van der Waals surface area contributed by atoms with Crippen molar-refractivity contribution in [3.63, 3.8) is 0 Å². The third-order valence-corrected chi connectivity index (χ3v) is 20.4. The van der Waals surface area contributed by atoms with Gasteiger partial charge in [0.2, 0.25) is 0 Å². The van der Waals surface area contributed by atoms with Gasteiger partial charge in [-0.25, -0.2) is 16.8 Å². The Kier molecular flexibility index (Phi) is 15.8. The Balaban J connectivity index is 0.000000114. The minimum atomic E-state index is -4.70. The van der Waals surface area contributed by atoms with E-state index in [-0.39, 0.29) is 53.1 Å². The molecule has 4 aromatic rings. The number of benzene rings is 4. The fourth-order valence-corrected chi connectivity index (χ4v) is 17.1. The molecule has 15 atom stereocenters. The highest BCUT2D eigenvalue weighted by Gasteiger charge is 2.65. The Hall–Kier alpha value is -4.22. The maximum absolute atomic E-state index is 11.6. The molecule has 0 spiro atoms. The summed E-state index contributed by atoms with van der Waals surface area (Å²) in [5.41, 5.74) is 0. The van der Waals surface area contributed by atoms with E-state index in [9.17, 15) is 49.1 Å². The van der Waals surface area contributed by atoms with Crippen LogP contribution in [0.15, 0.2) is 142 Å². The number of hydrogen-bond acceptors (Lipinski definition) is 16. The molecule has 382 valence electrons.